The van der Waals surface area contributed by atoms with Crippen molar-refractivity contribution in [3.05, 3.63) is 35.2 Å². The number of rotatable bonds is 6. The Morgan fingerprint density at radius 2 is 2.00 bits per heavy atom. The largest absolute Gasteiger partial charge is 0.377 e. The molecule has 5 rings (SSSR count). The van der Waals surface area contributed by atoms with Gasteiger partial charge in [-0.2, -0.15) is 4.98 Å². The van der Waals surface area contributed by atoms with Gasteiger partial charge in [0.15, 0.2) is 5.65 Å². The molecule has 1 aliphatic carbocycles. The van der Waals surface area contributed by atoms with Crippen LogP contribution in [0.1, 0.15) is 31.7 Å². The van der Waals surface area contributed by atoms with Crippen LogP contribution in [0.2, 0.25) is 5.02 Å². The van der Waals surface area contributed by atoms with E-state index in [-0.39, 0.29) is 34.6 Å². The number of carbonyl (C=O) groups excluding carboxylic acids is 1. The van der Waals surface area contributed by atoms with Crippen LogP contribution < -0.4 is 16.4 Å². The van der Waals surface area contributed by atoms with Crippen LogP contribution in [-0.2, 0) is 9.53 Å². The van der Waals surface area contributed by atoms with Crippen LogP contribution in [0.5, 0.6) is 0 Å². The lowest BCUT2D eigenvalue weighted by molar-refractivity contribution is -0.122. The van der Waals surface area contributed by atoms with Gasteiger partial charge in [-0.3, -0.25) is 9.36 Å². The molecule has 11 heteroatoms. The molecule has 3 aromatic rings. The number of carbonyl (C=O) groups is 1. The summed E-state index contributed by atoms with van der Waals surface area (Å²) in [5.74, 6) is 0.0176. The summed E-state index contributed by atoms with van der Waals surface area (Å²) < 4.78 is 21.6. The topological polar surface area (TPSA) is 120 Å². The molecule has 3 heterocycles. The number of primary amides is 1. The van der Waals surface area contributed by atoms with Crippen molar-refractivity contribution in [2.45, 2.75) is 37.8 Å². The van der Waals surface area contributed by atoms with Crippen LogP contribution in [-0.4, -0.2) is 44.7 Å². The number of benzene rings is 1. The van der Waals surface area contributed by atoms with Gasteiger partial charge < -0.3 is 21.1 Å². The van der Waals surface area contributed by atoms with Crippen molar-refractivity contribution in [3.63, 3.8) is 0 Å². The smallest absolute Gasteiger partial charge is 0.225 e. The van der Waals surface area contributed by atoms with E-state index in [1.807, 2.05) is 4.57 Å². The highest BCUT2D eigenvalue weighted by atomic mass is 35.5. The van der Waals surface area contributed by atoms with Crippen LogP contribution in [0.25, 0.3) is 11.2 Å². The summed E-state index contributed by atoms with van der Waals surface area (Å²) >= 11 is 6.23. The third-order valence-electron chi connectivity index (χ3n) is 6.07. The zero-order chi connectivity index (χ0) is 22.2. The lowest BCUT2D eigenvalue weighted by Crippen LogP contribution is -2.40. The molecule has 1 amide bonds. The molecule has 0 atom stereocenters. The molecule has 1 aliphatic heterocycles. The number of amides is 1. The summed E-state index contributed by atoms with van der Waals surface area (Å²) in [7, 11) is 0. The van der Waals surface area contributed by atoms with E-state index in [9.17, 15) is 9.18 Å². The number of anilines is 3. The van der Waals surface area contributed by atoms with Gasteiger partial charge in [-0.25, -0.2) is 14.4 Å². The minimum Gasteiger partial charge on any atom is -0.377 e. The second kappa shape index (κ2) is 8.51. The van der Waals surface area contributed by atoms with Crippen LogP contribution in [0, 0.1) is 11.7 Å². The number of hydrogen-bond acceptors (Lipinski definition) is 7. The maximum Gasteiger partial charge on any atom is 0.225 e. The first kappa shape index (κ1) is 20.9. The number of para-hydroxylation sites is 1. The van der Waals surface area contributed by atoms with Gasteiger partial charge in [-0.1, -0.05) is 17.7 Å². The molecule has 1 aromatic carbocycles. The Labute approximate surface area is 188 Å². The highest BCUT2D eigenvalue weighted by Gasteiger charge is 2.29. The number of ether oxygens (including phenoxy) is 1. The Balaban J connectivity index is 1.54. The Morgan fingerprint density at radius 1 is 1.22 bits per heavy atom. The summed E-state index contributed by atoms with van der Waals surface area (Å²) in [4.78, 5) is 25.3. The summed E-state index contributed by atoms with van der Waals surface area (Å²) in [6, 6.07) is 4.68. The van der Waals surface area contributed by atoms with Crippen molar-refractivity contribution in [1.82, 2.24) is 19.5 Å². The molecule has 32 heavy (non-hydrogen) atoms. The van der Waals surface area contributed by atoms with Gasteiger partial charge in [0.25, 0.3) is 0 Å². The van der Waals surface area contributed by atoms with Crippen LogP contribution >= 0.6 is 11.6 Å². The Kier molecular flexibility index (Phi) is 5.56. The van der Waals surface area contributed by atoms with E-state index in [0.29, 0.717) is 49.1 Å². The number of imidazole rings is 1. The van der Waals surface area contributed by atoms with Gasteiger partial charge >= 0.3 is 0 Å². The molecule has 2 aromatic heterocycles. The van der Waals surface area contributed by atoms with Crippen molar-refractivity contribution >= 4 is 46.3 Å². The average molecular weight is 460 g/mol. The second-order valence-electron chi connectivity index (χ2n) is 8.22. The van der Waals surface area contributed by atoms with Gasteiger partial charge in [0.05, 0.1) is 36.2 Å². The highest BCUT2D eigenvalue weighted by Crippen LogP contribution is 2.38. The number of fused-ring (bicyclic) bond motifs is 1. The van der Waals surface area contributed by atoms with Crippen molar-refractivity contribution in [2.75, 3.05) is 23.8 Å². The first-order valence-corrected chi connectivity index (χ1v) is 11.0. The number of hydrogen-bond donors (Lipinski definition) is 3. The SMILES string of the molecule is NC(=O)[C@H]1CC[C@@H](n2c(Nc3c(F)cccc3Cl)nc3cnc(NC4COC4)nc32)CC1. The van der Waals surface area contributed by atoms with Crippen molar-refractivity contribution < 1.29 is 13.9 Å². The van der Waals surface area contributed by atoms with Gasteiger partial charge in [0.1, 0.15) is 11.3 Å². The van der Waals surface area contributed by atoms with Crippen molar-refractivity contribution in [1.29, 1.82) is 0 Å². The first-order valence-electron chi connectivity index (χ1n) is 10.6. The molecule has 0 bridgehead atoms. The van der Waals surface area contributed by atoms with Crippen molar-refractivity contribution in [2.24, 2.45) is 11.7 Å². The molecule has 0 radical (unpaired) electrons. The quantitative estimate of drug-likeness (QED) is 0.516. The number of aromatic nitrogens is 4. The standard InChI is InChI=1S/C21H23ClFN7O2/c22-14-2-1-3-15(23)17(14)28-21-27-16-8-25-20(26-12-9-32-10-12)29-19(16)30(21)13-6-4-11(5-7-13)18(24)31/h1-3,8,11-13H,4-7,9-10H2,(H2,24,31)(H,27,28)(H,25,26,29)/t11-,13+. The van der Waals surface area contributed by atoms with Gasteiger partial charge in [0.2, 0.25) is 17.8 Å². The maximum atomic E-state index is 14.5. The van der Waals surface area contributed by atoms with E-state index >= 15 is 0 Å². The van der Waals surface area contributed by atoms with Crippen molar-refractivity contribution in [3.8, 4) is 0 Å². The number of nitrogens with zero attached hydrogens (tertiary/aromatic N) is 4. The average Bonchev–Trinajstić information content (AvgIpc) is 3.11. The van der Waals surface area contributed by atoms with Crippen LogP contribution in [0.4, 0.5) is 22.0 Å². The lowest BCUT2D eigenvalue weighted by Gasteiger charge is -2.29. The molecular formula is C21H23ClFN7O2. The van der Waals surface area contributed by atoms with Crippen LogP contribution in [0.3, 0.4) is 0 Å². The third-order valence-corrected chi connectivity index (χ3v) is 6.38. The molecule has 168 valence electrons. The monoisotopic (exact) mass is 459 g/mol. The number of halogens is 2. The highest BCUT2D eigenvalue weighted by molar-refractivity contribution is 6.33. The normalized spacial score (nSPS) is 21.3. The molecular weight excluding hydrogens is 437 g/mol. The molecule has 9 nitrogen and oxygen atoms in total. The summed E-state index contributed by atoms with van der Waals surface area (Å²) in [5, 5.41) is 6.56. The number of nitrogens with one attached hydrogen (secondary N) is 2. The first-order chi connectivity index (χ1) is 15.5. The van der Waals surface area contributed by atoms with E-state index in [1.54, 1.807) is 18.3 Å². The fraction of sp³-hybridized carbons (Fsp3) is 0.429. The predicted octanol–water partition coefficient (Wildman–Crippen LogP) is 3.39. The van der Waals surface area contributed by atoms with Crippen LogP contribution in [0.15, 0.2) is 24.4 Å². The summed E-state index contributed by atoms with van der Waals surface area (Å²) in [6.45, 7) is 1.22. The number of nitrogens with two attached hydrogens (primary N) is 1. The Hall–Kier alpha value is -2.98. The van der Waals surface area contributed by atoms with E-state index in [0.717, 1.165) is 12.8 Å². The Morgan fingerprint density at radius 3 is 2.66 bits per heavy atom. The minimum absolute atomic E-state index is 0.0124. The fourth-order valence-electron chi connectivity index (χ4n) is 4.24. The summed E-state index contributed by atoms with van der Waals surface area (Å²) in [5.41, 5.74) is 6.86. The molecule has 4 N–H and O–H groups in total. The van der Waals surface area contributed by atoms with E-state index in [4.69, 9.17) is 27.1 Å². The van der Waals surface area contributed by atoms with Gasteiger partial charge in [0, 0.05) is 12.0 Å². The molecule has 1 saturated heterocycles. The van der Waals surface area contributed by atoms with Gasteiger partial charge in [-0.05, 0) is 37.8 Å². The molecule has 2 fully saturated rings. The minimum atomic E-state index is -0.480. The van der Waals surface area contributed by atoms with E-state index < -0.39 is 5.82 Å². The fourth-order valence-corrected chi connectivity index (χ4v) is 4.45. The second-order valence-corrected chi connectivity index (χ2v) is 8.62. The predicted molar refractivity (Wildman–Crippen MR) is 118 cm³/mol. The van der Waals surface area contributed by atoms with Gasteiger partial charge in [-0.15, -0.1) is 0 Å². The molecule has 1 saturated carbocycles. The third kappa shape index (κ3) is 3.95. The van der Waals surface area contributed by atoms with E-state index in [2.05, 4.69) is 20.6 Å². The lowest BCUT2D eigenvalue weighted by atomic mass is 9.85. The Bertz CT molecular complexity index is 1140. The molecule has 2 aliphatic rings. The van der Waals surface area contributed by atoms with E-state index in [1.165, 1.54) is 6.07 Å². The summed E-state index contributed by atoms with van der Waals surface area (Å²) in [6.07, 6.45) is 4.44. The maximum absolute atomic E-state index is 14.5. The zero-order valence-corrected chi connectivity index (χ0v) is 18.0. The molecule has 0 spiro atoms. The molecule has 0 unspecified atom stereocenters. The zero-order valence-electron chi connectivity index (χ0n) is 17.2.